The number of ether oxygens (including phenoxy) is 1. The largest absolute Gasteiger partial charge is 0.496 e. The molecule has 0 aromatic heterocycles. The van der Waals surface area contributed by atoms with Gasteiger partial charge in [-0.1, -0.05) is 32.0 Å². The molecule has 2 atom stereocenters. The van der Waals surface area contributed by atoms with E-state index in [9.17, 15) is 4.79 Å². The van der Waals surface area contributed by atoms with Gasteiger partial charge in [-0.2, -0.15) is 0 Å². The zero-order chi connectivity index (χ0) is 13.8. The first-order valence-electron chi connectivity index (χ1n) is 6.99. The molecule has 19 heavy (non-hydrogen) atoms. The van der Waals surface area contributed by atoms with Crippen LogP contribution in [0.5, 0.6) is 5.75 Å². The molecule has 1 aromatic carbocycles. The van der Waals surface area contributed by atoms with Gasteiger partial charge in [0.25, 0.3) is 0 Å². The molecule has 0 aliphatic carbocycles. The summed E-state index contributed by atoms with van der Waals surface area (Å²) in [6, 6.07) is 7.75. The lowest BCUT2D eigenvalue weighted by atomic mass is 9.91. The number of carbonyl (C=O) groups excluding carboxylic acids is 1. The summed E-state index contributed by atoms with van der Waals surface area (Å²) in [5.41, 5.74) is 0.973. The Hall–Kier alpha value is -1.51. The molecule has 2 rings (SSSR count). The van der Waals surface area contributed by atoms with Gasteiger partial charge in [0, 0.05) is 18.7 Å². The molecule has 1 amide bonds. The van der Waals surface area contributed by atoms with Crippen LogP contribution >= 0.6 is 0 Å². The summed E-state index contributed by atoms with van der Waals surface area (Å²) >= 11 is 0. The van der Waals surface area contributed by atoms with E-state index in [1.165, 1.54) is 6.42 Å². The van der Waals surface area contributed by atoms with Crippen LogP contribution in [0.3, 0.4) is 0 Å². The van der Waals surface area contributed by atoms with Crippen LogP contribution in [-0.4, -0.2) is 31.0 Å². The number of carbonyl (C=O) groups is 1. The van der Waals surface area contributed by atoms with Crippen molar-refractivity contribution in [1.82, 2.24) is 4.90 Å². The van der Waals surface area contributed by atoms with Crippen LogP contribution in [0.15, 0.2) is 24.3 Å². The fourth-order valence-corrected chi connectivity index (χ4v) is 2.99. The molecule has 0 saturated carbocycles. The lowest BCUT2D eigenvalue weighted by Gasteiger charge is -2.35. The minimum Gasteiger partial charge on any atom is -0.496 e. The second kappa shape index (κ2) is 6.09. The number of rotatable bonds is 3. The fourth-order valence-electron chi connectivity index (χ4n) is 2.99. The molecule has 104 valence electrons. The minimum absolute atomic E-state index is 0.211. The van der Waals surface area contributed by atoms with E-state index in [1.807, 2.05) is 29.2 Å². The Morgan fingerprint density at radius 3 is 2.53 bits per heavy atom. The summed E-state index contributed by atoms with van der Waals surface area (Å²) in [5.74, 6) is 2.22. The summed E-state index contributed by atoms with van der Waals surface area (Å²) in [5, 5.41) is 0. The third-order valence-corrected chi connectivity index (χ3v) is 3.76. The van der Waals surface area contributed by atoms with E-state index in [4.69, 9.17) is 4.74 Å². The molecule has 0 bridgehead atoms. The van der Waals surface area contributed by atoms with Crippen molar-refractivity contribution < 1.29 is 9.53 Å². The SMILES string of the molecule is COc1ccccc1CC(=O)N1C[C@@H](C)C[C@H](C)C1. The average molecular weight is 261 g/mol. The van der Waals surface area contributed by atoms with E-state index in [2.05, 4.69) is 13.8 Å². The van der Waals surface area contributed by atoms with Crippen molar-refractivity contribution in [3.8, 4) is 5.75 Å². The highest BCUT2D eigenvalue weighted by Crippen LogP contribution is 2.23. The van der Waals surface area contributed by atoms with E-state index >= 15 is 0 Å². The smallest absolute Gasteiger partial charge is 0.227 e. The number of benzene rings is 1. The Morgan fingerprint density at radius 2 is 1.89 bits per heavy atom. The highest BCUT2D eigenvalue weighted by molar-refractivity contribution is 5.79. The molecule has 1 fully saturated rings. The van der Waals surface area contributed by atoms with Crippen LogP contribution in [0.4, 0.5) is 0 Å². The van der Waals surface area contributed by atoms with Gasteiger partial charge in [-0.05, 0) is 24.3 Å². The van der Waals surface area contributed by atoms with Crippen molar-refractivity contribution in [3.63, 3.8) is 0 Å². The van der Waals surface area contributed by atoms with Crippen molar-refractivity contribution in [2.24, 2.45) is 11.8 Å². The molecule has 3 nitrogen and oxygen atoms in total. The van der Waals surface area contributed by atoms with Crippen LogP contribution in [0.1, 0.15) is 25.8 Å². The summed E-state index contributed by atoms with van der Waals surface area (Å²) in [6.07, 6.45) is 1.65. The van der Waals surface area contributed by atoms with Crippen molar-refractivity contribution in [1.29, 1.82) is 0 Å². The third-order valence-electron chi connectivity index (χ3n) is 3.76. The first-order valence-corrected chi connectivity index (χ1v) is 6.99. The quantitative estimate of drug-likeness (QED) is 0.837. The molecule has 0 spiro atoms. The number of piperidine rings is 1. The number of methoxy groups -OCH3 is 1. The van der Waals surface area contributed by atoms with Gasteiger partial charge < -0.3 is 9.64 Å². The first kappa shape index (κ1) is 13.9. The maximum atomic E-state index is 12.4. The maximum absolute atomic E-state index is 12.4. The number of para-hydroxylation sites is 1. The normalized spacial score (nSPS) is 23.2. The van der Waals surface area contributed by atoms with E-state index < -0.39 is 0 Å². The molecular weight excluding hydrogens is 238 g/mol. The van der Waals surface area contributed by atoms with Crippen LogP contribution in [0.25, 0.3) is 0 Å². The van der Waals surface area contributed by atoms with E-state index in [0.29, 0.717) is 18.3 Å². The van der Waals surface area contributed by atoms with Crippen LogP contribution in [0, 0.1) is 11.8 Å². The lowest BCUT2D eigenvalue weighted by Crippen LogP contribution is -2.43. The molecule has 0 unspecified atom stereocenters. The second-order valence-corrected chi connectivity index (χ2v) is 5.73. The van der Waals surface area contributed by atoms with Gasteiger partial charge in [0.15, 0.2) is 0 Å². The van der Waals surface area contributed by atoms with Crippen LogP contribution in [-0.2, 0) is 11.2 Å². The fraction of sp³-hybridized carbons (Fsp3) is 0.562. The number of amides is 1. The second-order valence-electron chi connectivity index (χ2n) is 5.73. The lowest BCUT2D eigenvalue weighted by molar-refractivity contribution is -0.133. The van der Waals surface area contributed by atoms with Gasteiger partial charge in [0.1, 0.15) is 5.75 Å². The summed E-state index contributed by atoms with van der Waals surface area (Å²) in [6.45, 7) is 6.22. The Bertz CT molecular complexity index is 434. The standard InChI is InChI=1S/C16H23NO2/c1-12-8-13(2)11-17(10-12)16(18)9-14-6-4-5-7-15(14)19-3/h4-7,12-13H,8-11H2,1-3H3/t12-,13-/m0/s1. The molecule has 1 aromatic rings. The average Bonchev–Trinajstić information content (AvgIpc) is 2.38. The van der Waals surface area contributed by atoms with Crippen molar-refractivity contribution in [2.75, 3.05) is 20.2 Å². The maximum Gasteiger partial charge on any atom is 0.227 e. The van der Waals surface area contributed by atoms with E-state index in [1.54, 1.807) is 7.11 Å². The summed E-state index contributed by atoms with van der Waals surface area (Å²) in [7, 11) is 1.65. The minimum atomic E-state index is 0.211. The molecule has 1 aliphatic rings. The molecular formula is C16H23NO2. The van der Waals surface area contributed by atoms with Crippen molar-refractivity contribution in [3.05, 3.63) is 29.8 Å². The highest BCUT2D eigenvalue weighted by atomic mass is 16.5. The Labute approximate surface area is 115 Å². The molecule has 1 aliphatic heterocycles. The first-order chi connectivity index (χ1) is 9.10. The van der Waals surface area contributed by atoms with Gasteiger partial charge >= 0.3 is 0 Å². The predicted molar refractivity (Wildman–Crippen MR) is 76.2 cm³/mol. The number of hydrogen-bond donors (Lipinski definition) is 0. The highest BCUT2D eigenvalue weighted by Gasteiger charge is 2.25. The molecule has 1 heterocycles. The van der Waals surface area contributed by atoms with Gasteiger partial charge in [-0.15, -0.1) is 0 Å². The van der Waals surface area contributed by atoms with Gasteiger partial charge in [-0.3, -0.25) is 4.79 Å². The van der Waals surface area contributed by atoms with Gasteiger partial charge in [0.05, 0.1) is 13.5 Å². The van der Waals surface area contributed by atoms with Gasteiger partial charge in [0.2, 0.25) is 5.91 Å². The Kier molecular flexibility index (Phi) is 4.46. The Morgan fingerprint density at radius 1 is 1.26 bits per heavy atom. The summed E-state index contributed by atoms with van der Waals surface area (Å²) in [4.78, 5) is 14.4. The van der Waals surface area contributed by atoms with Crippen molar-refractivity contribution in [2.45, 2.75) is 26.7 Å². The zero-order valence-corrected chi connectivity index (χ0v) is 12.1. The topological polar surface area (TPSA) is 29.5 Å². The monoisotopic (exact) mass is 261 g/mol. The van der Waals surface area contributed by atoms with Crippen LogP contribution < -0.4 is 4.74 Å². The van der Waals surface area contributed by atoms with Crippen molar-refractivity contribution >= 4 is 5.91 Å². The number of nitrogens with zero attached hydrogens (tertiary/aromatic N) is 1. The Balaban J connectivity index is 2.04. The van der Waals surface area contributed by atoms with E-state index in [-0.39, 0.29) is 5.91 Å². The molecule has 0 N–H and O–H groups in total. The third kappa shape index (κ3) is 3.49. The molecule has 1 saturated heterocycles. The number of likely N-dealkylation sites (tertiary alicyclic amines) is 1. The molecule has 3 heteroatoms. The van der Waals surface area contributed by atoms with Crippen LogP contribution in [0.2, 0.25) is 0 Å². The number of hydrogen-bond acceptors (Lipinski definition) is 2. The van der Waals surface area contributed by atoms with E-state index in [0.717, 1.165) is 24.4 Å². The zero-order valence-electron chi connectivity index (χ0n) is 12.1. The van der Waals surface area contributed by atoms with Gasteiger partial charge in [-0.25, -0.2) is 0 Å². The predicted octanol–water partition coefficient (Wildman–Crippen LogP) is 2.74. The molecule has 0 radical (unpaired) electrons. The summed E-state index contributed by atoms with van der Waals surface area (Å²) < 4.78 is 5.31.